The smallest absolute Gasteiger partial charge is 0.320 e. The second-order valence-electron chi connectivity index (χ2n) is 5.54. The van der Waals surface area contributed by atoms with E-state index in [9.17, 15) is 9.59 Å². The van der Waals surface area contributed by atoms with Crippen LogP contribution < -0.4 is 16.2 Å². The summed E-state index contributed by atoms with van der Waals surface area (Å²) in [5.41, 5.74) is 1.33. The molecule has 3 rings (SSSR count). The maximum Gasteiger partial charge on any atom is 0.320 e. The molecular formula is C19H17ClN4O2. The minimum absolute atomic E-state index is 0.0420. The number of nitrogens with one attached hydrogen (secondary N) is 2. The summed E-state index contributed by atoms with van der Waals surface area (Å²) in [4.78, 5) is 28.5. The molecule has 1 aromatic heterocycles. The van der Waals surface area contributed by atoms with Crippen LogP contribution in [0, 0.1) is 0 Å². The Hall–Kier alpha value is -3.12. The number of carbonyl (C=O) groups excluding carboxylic acids is 1. The number of hydrogen-bond donors (Lipinski definition) is 2. The zero-order chi connectivity index (χ0) is 18.4. The third kappa shape index (κ3) is 4.49. The lowest BCUT2D eigenvalue weighted by Crippen LogP contribution is -2.34. The molecule has 0 atom stereocenters. The van der Waals surface area contributed by atoms with E-state index < -0.39 is 11.6 Å². The maximum atomic E-state index is 12.5. The van der Waals surface area contributed by atoms with Crippen molar-refractivity contribution in [3.8, 4) is 5.69 Å². The standard InChI is InChI=1S/C19H17ClN4O2/c20-15-6-8-16(9-7-15)24-13-12-21-17(18(24)25)23-19(26)22-11-10-14-4-2-1-3-5-14/h1-9,12-13H,10-11H2,(H2,21,22,23,26). The molecule has 0 aliphatic heterocycles. The van der Waals surface area contributed by atoms with Gasteiger partial charge in [-0.05, 0) is 36.2 Å². The largest absolute Gasteiger partial charge is 0.337 e. The number of rotatable bonds is 5. The van der Waals surface area contributed by atoms with E-state index >= 15 is 0 Å². The highest BCUT2D eigenvalue weighted by Gasteiger charge is 2.09. The van der Waals surface area contributed by atoms with Crippen molar-refractivity contribution in [1.29, 1.82) is 0 Å². The molecule has 0 bridgehead atoms. The first-order valence-corrected chi connectivity index (χ1v) is 8.43. The number of hydrogen-bond acceptors (Lipinski definition) is 3. The molecule has 2 aromatic carbocycles. The monoisotopic (exact) mass is 368 g/mol. The maximum absolute atomic E-state index is 12.5. The Kier molecular flexibility index (Phi) is 5.66. The zero-order valence-electron chi connectivity index (χ0n) is 13.9. The number of aromatic nitrogens is 2. The van der Waals surface area contributed by atoms with E-state index in [4.69, 9.17) is 11.6 Å². The van der Waals surface area contributed by atoms with Crippen molar-refractivity contribution >= 4 is 23.4 Å². The van der Waals surface area contributed by atoms with Gasteiger partial charge >= 0.3 is 6.03 Å². The van der Waals surface area contributed by atoms with Crippen LogP contribution in [0.4, 0.5) is 10.6 Å². The molecule has 2 amide bonds. The highest BCUT2D eigenvalue weighted by Crippen LogP contribution is 2.12. The second kappa shape index (κ2) is 8.31. The van der Waals surface area contributed by atoms with Gasteiger partial charge in [0.1, 0.15) is 0 Å². The molecule has 1 heterocycles. The van der Waals surface area contributed by atoms with E-state index in [2.05, 4.69) is 15.6 Å². The van der Waals surface area contributed by atoms with Gasteiger partial charge in [-0.15, -0.1) is 0 Å². The van der Waals surface area contributed by atoms with Gasteiger partial charge in [-0.1, -0.05) is 41.9 Å². The van der Waals surface area contributed by atoms with E-state index in [1.807, 2.05) is 30.3 Å². The lowest BCUT2D eigenvalue weighted by molar-refractivity contribution is 0.252. The third-order valence-corrected chi connectivity index (χ3v) is 3.97. The number of anilines is 1. The molecule has 0 aliphatic rings. The first-order valence-electron chi connectivity index (χ1n) is 8.06. The molecule has 0 saturated heterocycles. The molecular weight excluding hydrogens is 352 g/mol. The Morgan fingerprint density at radius 1 is 1.08 bits per heavy atom. The van der Waals surface area contributed by atoms with Crippen LogP contribution in [-0.2, 0) is 6.42 Å². The van der Waals surface area contributed by atoms with Gasteiger partial charge in [0.2, 0.25) is 5.82 Å². The molecule has 3 aromatic rings. The van der Waals surface area contributed by atoms with E-state index in [0.717, 1.165) is 5.56 Å². The topological polar surface area (TPSA) is 76.0 Å². The lowest BCUT2D eigenvalue weighted by Gasteiger charge is -2.09. The van der Waals surface area contributed by atoms with E-state index in [0.29, 0.717) is 23.7 Å². The normalized spacial score (nSPS) is 10.3. The van der Waals surface area contributed by atoms with Crippen molar-refractivity contribution in [2.45, 2.75) is 6.42 Å². The fourth-order valence-electron chi connectivity index (χ4n) is 2.42. The molecule has 132 valence electrons. The van der Waals surface area contributed by atoms with Crippen LogP contribution in [0.3, 0.4) is 0 Å². The Morgan fingerprint density at radius 3 is 2.54 bits per heavy atom. The van der Waals surface area contributed by atoms with Gasteiger partial charge in [-0.25, -0.2) is 9.78 Å². The summed E-state index contributed by atoms with van der Waals surface area (Å²) in [6.07, 6.45) is 3.69. The quantitative estimate of drug-likeness (QED) is 0.725. The second-order valence-corrected chi connectivity index (χ2v) is 5.98. The fraction of sp³-hybridized carbons (Fsp3) is 0.105. The predicted molar refractivity (Wildman–Crippen MR) is 102 cm³/mol. The Labute approximate surface area is 155 Å². The summed E-state index contributed by atoms with van der Waals surface area (Å²) in [6.45, 7) is 0.452. The van der Waals surface area contributed by atoms with E-state index in [-0.39, 0.29) is 5.82 Å². The minimum Gasteiger partial charge on any atom is -0.337 e. The Balaban J connectivity index is 1.64. The van der Waals surface area contributed by atoms with Crippen molar-refractivity contribution < 1.29 is 4.79 Å². The summed E-state index contributed by atoms with van der Waals surface area (Å²) in [5, 5.41) is 5.79. The van der Waals surface area contributed by atoms with Gasteiger partial charge in [-0.3, -0.25) is 14.7 Å². The van der Waals surface area contributed by atoms with Gasteiger partial charge < -0.3 is 5.32 Å². The molecule has 7 heteroatoms. The van der Waals surface area contributed by atoms with Gasteiger partial charge in [0, 0.05) is 29.6 Å². The molecule has 0 radical (unpaired) electrons. The number of halogens is 1. The van der Waals surface area contributed by atoms with Crippen molar-refractivity contribution in [3.63, 3.8) is 0 Å². The number of benzene rings is 2. The third-order valence-electron chi connectivity index (χ3n) is 3.72. The molecule has 6 nitrogen and oxygen atoms in total. The molecule has 26 heavy (non-hydrogen) atoms. The van der Waals surface area contributed by atoms with Gasteiger partial charge in [0.15, 0.2) is 0 Å². The fourth-order valence-corrected chi connectivity index (χ4v) is 2.55. The van der Waals surface area contributed by atoms with E-state index in [1.54, 1.807) is 24.3 Å². The lowest BCUT2D eigenvalue weighted by atomic mass is 10.1. The van der Waals surface area contributed by atoms with Crippen molar-refractivity contribution in [1.82, 2.24) is 14.9 Å². The summed E-state index contributed by atoms with van der Waals surface area (Å²) >= 11 is 5.87. The first kappa shape index (κ1) is 17.7. The predicted octanol–water partition coefficient (Wildman–Crippen LogP) is 3.25. The first-order chi connectivity index (χ1) is 12.6. The summed E-state index contributed by atoms with van der Waals surface area (Å²) in [5.74, 6) is -0.0420. The van der Waals surface area contributed by atoms with Crippen LogP contribution in [-0.4, -0.2) is 22.1 Å². The summed E-state index contributed by atoms with van der Waals surface area (Å²) in [6, 6.07) is 16.1. The van der Waals surface area contributed by atoms with Crippen LogP contribution in [0.15, 0.2) is 71.8 Å². The number of nitrogens with zero attached hydrogens (tertiary/aromatic N) is 2. The van der Waals surface area contributed by atoms with Crippen molar-refractivity contribution in [3.05, 3.63) is 87.9 Å². The van der Waals surface area contributed by atoms with Gasteiger partial charge in [0.25, 0.3) is 5.56 Å². The van der Waals surface area contributed by atoms with Crippen LogP contribution in [0.1, 0.15) is 5.56 Å². The average Bonchev–Trinajstić information content (AvgIpc) is 2.65. The van der Waals surface area contributed by atoms with Crippen LogP contribution in [0.5, 0.6) is 0 Å². The highest BCUT2D eigenvalue weighted by molar-refractivity contribution is 6.30. The van der Waals surface area contributed by atoms with Gasteiger partial charge in [0.05, 0.1) is 0 Å². The Bertz CT molecular complexity index is 940. The molecule has 0 unspecified atom stereocenters. The Morgan fingerprint density at radius 2 is 1.81 bits per heavy atom. The number of carbonyl (C=O) groups is 1. The highest BCUT2D eigenvalue weighted by atomic mass is 35.5. The molecule has 0 spiro atoms. The number of urea groups is 1. The molecule has 0 aliphatic carbocycles. The summed E-state index contributed by atoms with van der Waals surface area (Å²) in [7, 11) is 0. The number of amides is 2. The van der Waals surface area contributed by atoms with E-state index in [1.165, 1.54) is 17.0 Å². The average molecular weight is 369 g/mol. The molecule has 0 fully saturated rings. The summed E-state index contributed by atoms with van der Waals surface area (Å²) < 4.78 is 1.39. The van der Waals surface area contributed by atoms with Crippen LogP contribution in [0.25, 0.3) is 5.69 Å². The van der Waals surface area contributed by atoms with Crippen LogP contribution in [0.2, 0.25) is 5.02 Å². The zero-order valence-corrected chi connectivity index (χ0v) is 14.6. The minimum atomic E-state index is -0.473. The molecule has 2 N–H and O–H groups in total. The molecule has 0 saturated carbocycles. The van der Waals surface area contributed by atoms with Gasteiger partial charge in [-0.2, -0.15) is 0 Å². The van der Waals surface area contributed by atoms with Crippen molar-refractivity contribution in [2.75, 3.05) is 11.9 Å². The van der Waals surface area contributed by atoms with Crippen LogP contribution >= 0.6 is 11.6 Å². The SMILES string of the molecule is O=C(NCCc1ccccc1)Nc1nccn(-c2ccc(Cl)cc2)c1=O. The van der Waals surface area contributed by atoms with Crippen molar-refractivity contribution in [2.24, 2.45) is 0 Å².